The van der Waals surface area contributed by atoms with Crippen LogP contribution in [-0.4, -0.2) is 21.1 Å². The molecule has 0 N–H and O–H groups in total. The van der Waals surface area contributed by atoms with Crippen LogP contribution in [0.1, 0.15) is 109 Å². The smallest absolute Gasteiger partial charge is 0.00195 e. The number of rotatable bonds is 2. The lowest BCUT2D eigenvalue weighted by Gasteiger charge is -2.62. The van der Waals surface area contributed by atoms with Crippen molar-refractivity contribution in [2.75, 3.05) is 0 Å². The minimum atomic E-state index is -0.0722. The van der Waals surface area contributed by atoms with E-state index in [9.17, 15) is 0 Å². The molecule has 2 heteroatoms. The normalized spacial score (nSPS) is 24.7. The Morgan fingerprint density at radius 3 is 1.32 bits per heavy atom. The Morgan fingerprint density at radius 1 is 0.640 bits per heavy atom. The van der Waals surface area contributed by atoms with Gasteiger partial charge in [0.25, 0.3) is 0 Å². The highest BCUT2D eigenvalue weighted by atomic mass is 31.1. The molecule has 0 amide bonds. The molecule has 0 saturated heterocycles. The highest BCUT2D eigenvalue weighted by Crippen LogP contribution is 2.70. The van der Waals surface area contributed by atoms with Crippen molar-refractivity contribution in [2.24, 2.45) is 16.7 Å². The first kappa shape index (κ1) is 23.9. The average molecular weight is 387 g/mol. The van der Waals surface area contributed by atoms with E-state index in [1.807, 2.05) is 0 Å². The molecule has 0 aromatic heterocycles. The molecule has 1 aliphatic carbocycles. The summed E-state index contributed by atoms with van der Waals surface area (Å²) < 4.78 is 0. The van der Waals surface area contributed by atoms with Gasteiger partial charge in [0.15, 0.2) is 0 Å². The summed E-state index contributed by atoms with van der Waals surface area (Å²) in [7, 11) is 3.36. The van der Waals surface area contributed by atoms with Crippen LogP contribution in [-0.2, 0) is 0 Å². The molecule has 0 radical (unpaired) electrons. The first-order valence-corrected chi connectivity index (χ1v) is 12.4. The lowest BCUT2D eigenvalue weighted by molar-refractivity contribution is 0.0627. The van der Waals surface area contributed by atoms with Gasteiger partial charge in [0.1, 0.15) is 0 Å². The molecule has 0 nitrogen and oxygen atoms in total. The molecular weight excluding hydrogens is 338 g/mol. The van der Waals surface area contributed by atoms with E-state index < -0.39 is 0 Å². The quantitative estimate of drug-likeness (QED) is 0.418. The van der Waals surface area contributed by atoms with Crippen LogP contribution in [0.4, 0.5) is 0 Å². The van der Waals surface area contributed by atoms with Gasteiger partial charge in [-0.25, -0.2) is 0 Å². The van der Waals surface area contributed by atoms with Crippen molar-refractivity contribution in [3.8, 4) is 0 Å². The second-order valence-corrected chi connectivity index (χ2v) is 17.5. The minimum absolute atomic E-state index is 0.0722. The average Bonchev–Trinajstić information content (AvgIpc) is 2.32. The summed E-state index contributed by atoms with van der Waals surface area (Å²) in [5, 5.41) is 1.09. The van der Waals surface area contributed by atoms with Gasteiger partial charge in [0, 0.05) is 0 Å². The van der Waals surface area contributed by atoms with E-state index in [0.717, 1.165) is 11.6 Å². The van der Waals surface area contributed by atoms with Gasteiger partial charge in [0.05, 0.1) is 0 Å². The van der Waals surface area contributed by atoms with Crippen LogP contribution in [0, 0.1) is 16.7 Å². The topological polar surface area (TPSA) is 0 Å². The maximum atomic E-state index is 3.44. The summed E-state index contributed by atoms with van der Waals surface area (Å²) in [5.41, 5.74) is 1.44. The zero-order valence-corrected chi connectivity index (χ0v) is 21.6. The highest BCUT2D eigenvalue weighted by Gasteiger charge is 2.57. The molecule has 0 heterocycles. The lowest BCUT2D eigenvalue weighted by Crippen LogP contribution is -2.58. The Kier molecular flexibility index (Phi) is 7.03. The molecule has 1 aliphatic rings. The fraction of sp³-hybridized carbons (Fsp3) is 1.00. The zero-order valence-electron chi connectivity index (χ0n) is 19.5. The van der Waals surface area contributed by atoms with Crippen LogP contribution in [0.15, 0.2) is 0 Å². The van der Waals surface area contributed by atoms with Crippen LogP contribution in [0.5, 0.6) is 0 Å². The first-order valence-electron chi connectivity index (χ1n) is 10.4. The van der Waals surface area contributed by atoms with Crippen molar-refractivity contribution in [2.45, 2.75) is 130 Å². The largest absolute Gasteiger partial charge is 0.130 e. The maximum absolute atomic E-state index is 3.44. The molecule has 1 saturated carbocycles. The van der Waals surface area contributed by atoms with E-state index in [0.29, 0.717) is 10.3 Å². The molecule has 1 fully saturated rings. The van der Waals surface area contributed by atoms with E-state index in [1.165, 1.54) is 25.7 Å². The van der Waals surface area contributed by atoms with Crippen molar-refractivity contribution >= 4 is 17.2 Å². The van der Waals surface area contributed by atoms with Crippen LogP contribution < -0.4 is 0 Å². The zero-order chi connectivity index (χ0) is 20.1. The van der Waals surface area contributed by atoms with Gasteiger partial charge in [-0.2, -0.15) is 0 Å². The Labute approximate surface area is 164 Å². The number of hydrogen-bond donors (Lipinski definition) is 0. The monoisotopic (exact) mass is 386 g/mol. The van der Waals surface area contributed by atoms with Crippen LogP contribution in [0.2, 0.25) is 0 Å². The molecule has 0 bridgehead atoms. The molecule has 1 unspecified atom stereocenters. The third kappa shape index (κ3) is 4.83. The van der Waals surface area contributed by atoms with Crippen molar-refractivity contribution in [1.82, 2.24) is 0 Å². The second-order valence-electron chi connectivity index (χ2n) is 12.5. The summed E-state index contributed by atoms with van der Waals surface area (Å²) in [5.74, 6) is 0.802. The predicted octanol–water partition coefficient (Wildman–Crippen LogP) is 8.33. The maximum Gasteiger partial charge on any atom is -0.00195 e. The van der Waals surface area contributed by atoms with E-state index in [2.05, 4.69) is 92.3 Å². The highest BCUT2D eigenvalue weighted by molar-refractivity contribution is 7.61. The molecule has 1 rings (SSSR count). The van der Waals surface area contributed by atoms with E-state index >= 15 is 0 Å². The molecule has 3 atom stereocenters. The van der Waals surface area contributed by atoms with Crippen molar-refractivity contribution in [3.63, 3.8) is 0 Å². The molecule has 0 aliphatic heterocycles. The van der Waals surface area contributed by atoms with Crippen LogP contribution in [0.25, 0.3) is 0 Å². The summed E-state index contributed by atoms with van der Waals surface area (Å²) >= 11 is 0. The van der Waals surface area contributed by atoms with E-state index in [-0.39, 0.29) is 23.9 Å². The standard InChI is InChI=1S/C23H48P2/c1-19(2,3)23(24,20(4,5)6)17-15-13-14-16-18(17)25(21(7,8)9)22(10,11)12/h17-18H,13-16,24H2,1-12H3/t17-,18+/m1/s1. The molecule has 150 valence electrons. The SMILES string of the molecule is CC(C)(C)P([C@H]1CCCC[C@H]1C(P)(C(C)(C)C)C(C)(C)C)C(C)(C)C. The predicted molar refractivity (Wildman–Crippen MR) is 124 cm³/mol. The Morgan fingerprint density at radius 2 is 1.00 bits per heavy atom. The third-order valence-electron chi connectivity index (χ3n) is 6.57. The third-order valence-corrected chi connectivity index (χ3v) is 12.9. The van der Waals surface area contributed by atoms with Gasteiger partial charge >= 0.3 is 0 Å². The molecule has 25 heavy (non-hydrogen) atoms. The Balaban J connectivity index is 3.53. The van der Waals surface area contributed by atoms with Crippen LogP contribution in [0.3, 0.4) is 0 Å². The summed E-state index contributed by atoms with van der Waals surface area (Å²) in [6.45, 7) is 29.9. The lowest BCUT2D eigenvalue weighted by atomic mass is 9.57. The fourth-order valence-electron chi connectivity index (χ4n) is 6.19. The van der Waals surface area contributed by atoms with Gasteiger partial charge in [-0.1, -0.05) is 104 Å². The molecule has 0 aromatic rings. The van der Waals surface area contributed by atoms with Gasteiger partial charge in [0.2, 0.25) is 0 Å². The first-order chi connectivity index (χ1) is 10.8. The van der Waals surface area contributed by atoms with Crippen LogP contribution >= 0.6 is 17.2 Å². The minimum Gasteiger partial charge on any atom is -0.130 e. The van der Waals surface area contributed by atoms with Gasteiger partial charge < -0.3 is 0 Å². The summed E-state index contributed by atoms with van der Waals surface area (Å²) in [4.78, 5) is 0. The Hall–Kier alpha value is 0.860. The van der Waals surface area contributed by atoms with Gasteiger partial charge in [-0.15, -0.1) is 9.24 Å². The number of hydrogen-bond acceptors (Lipinski definition) is 0. The van der Waals surface area contributed by atoms with Crippen molar-refractivity contribution < 1.29 is 0 Å². The van der Waals surface area contributed by atoms with E-state index in [4.69, 9.17) is 0 Å². The Bertz CT molecular complexity index is 409. The summed E-state index contributed by atoms with van der Waals surface area (Å²) in [6, 6.07) is 0. The van der Waals surface area contributed by atoms with E-state index in [1.54, 1.807) is 0 Å². The summed E-state index contributed by atoms with van der Waals surface area (Å²) in [6.07, 6.45) is 5.70. The van der Waals surface area contributed by atoms with Crippen molar-refractivity contribution in [1.29, 1.82) is 0 Å². The molecule has 0 aromatic carbocycles. The van der Waals surface area contributed by atoms with Gasteiger partial charge in [-0.05, 0) is 50.7 Å². The van der Waals surface area contributed by atoms with Gasteiger partial charge in [-0.3, -0.25) is 0 Å². The van der Waals surface area contributed by atoms with Crippen molar-refractivity contribution in [3.05, 3.63) is 0 Å². The second kappa shape index (κ2) is 7.36. The molecular formula is C23H48P2. The fourth-order valence-corrected chi connectivity index (χ4v) is 11.9. The molecule has 0 spiro atoms.